The summed E-state index contributed by atoms with van der Waals surface area (Å²) in [5, 5.41) is 9.51. The number of hydrogen-bond donors (Lipinski definition) is 1. The van der Waals surface area contributed by atoms with Crippen molar-refractivity contribution in [2.24, 2.45) is 5.41 Å². The molecule has 1 aliphatic heterocycles. The number of carbonyl (C=O) groups is 2. The minimum absolute atomic E-state index is 0.00667. The molecule has 1 aromatic carbocycles. The number of carboxylic acids is 1. The van der Waals surface area contributed by atoms with Gasteiger partial charge in [-0.05, 0) is 48.9 Å². The van der Waals surface area contributed by atoms with Gasteiger partial charge in [-0.3, -0.25) is 9.59 Å². The first-order valence-electron chi connectivity index (χ1n) is 7.54. The number of ether oxygens (including phenoxy) is 1. The standard InChI is InChI=1S/C16H18F3NO4S/c1-24-10-15(14(22)23)7-2-8-20(9-15)13(21)11-3-5-12(6-4-11)25-16(17,18)19/h3-6H,2,7-10H2,1H3,(H,22,23). The maximum absolute atomic E-state index is 12.6. The quantitative estimate of drug-likeness (QED) is 0.798. The van der Waals surface area contributed by atoms with Crippen LogP contribution in [-0.2, 0) is 9.53 Å². The van der Waals surface area contributed by atoms with E-state index in [1.165, 1.54) is 36.3 Å². The highest BCUT2D eigenvalue weighted by Gasteiger charge is 2.44. The largest absolute Gasteiger partial charge is 0.481 e. The normalized spacial score (nSPS) is 21.2. The van der Waals surface area contributed by atoms with Crippen molar-refractivity contribution in [2.75, 3.05) is 26.8 Å². The second-order valence-corrected chi connectivity index (χ2v) is 7.06. The van der Waals surface area contributed by atoms with Gasteiger partial charge < -0.3 is 14.7 Å². The van der Waals surface area contributed by atoms with Gasteiger partial charge >= 0.3 is 11.5 Å². The Bertz CT molecular complexity index is 631. The lowest BCUT2D eigenvalue weighted by Gasteiger charge is -2.39. The lowest BCUT2D eigenvalue weighted by atomic mass is 9.80. The lowest BCUT2D eigenvalue weighted by Crippen LogP contribution is -2.52. The number of carbonyl (C=O) groups excluding carboxylic acids is 1. The van der Waals surface area contributed by atoms with Crippen LogP contribution in [0.4, 0.5) is 13.2 Å². The Morgan fingerprint density at radius 1 is 1.32 bits per heavy atom. The van der Waals surface area contributed by atoms with Crippen molar-refractivity contribution in [1.29, 1.82) is 0 Å². The van der Waals surface area contributed by atoms with Gasteiger partial charge in [-0.2, -0.15) is 13.2 Å². The first-order valence-corrected chi connectivity index (χ1v) is 8.36. The summed E-state index contributed by atoms with van der Waals surface area (Å²) in [5.41, 5.74) is -5.32. The molecule has 138 valence electrons. The van der Waals surface area contributed by atoms with E-state index in [4.69, 9.17) is 4.74 Å². The van der Waals surface area contributed by atoms with Gasteiger partial charge in [0, 0.05) is 30.7 Å². The third-order valence-electron chi connectivity index (χ3n) is 4.07. The molecule has 0 radical (unpaired) electrons. The summed E-state index contributed by atoms with van der Waals surface area (Å²) in [6, 6.07) is 5.11. The topological polar surface area (TPSA) is 66.8 Å². The minimum Gasteiger partial charge on any atom is -0.481 e. The van der Waals surface area contributed by atoms with Crippen LogP contribution in [-0.4, -0.2) is 54.2 Å². The van der Waals surface area contributed by atoms with Crippen LogP contribution in [0.15, 0.2) is 29.2 Å². The van der Waals surface area contributed by atoms with E-state index < -0.39 is 22.8 Å². The fourth-order valence-corrected chi connectivity index (χ4v) is 3.46. The predicted octanol–water partition coefficient (Wildman–Crippen LogP) is 3.25. The van der Waals surface area contributed by atoms with Gasteiger partial charge in [-0.15, -0.1) is 0 Å². The van der Waals surface area contributed by atoms with Crippen LogP contribution in [0.3, 0.4) is 0 Å². The Labute approximate surface area is 147 Å². The van der Waals surface area contributed by atoms with Crippen molar-refractivity contribution in [3.05, 3.63) is 29.8 Å². The zero-order chi connectivity index (χ0) is 18.7. The predicted molar refractivity (Wildman–Crippen MR) is 85.4 cm³/mol. The van der Waals surface area contributed by atoms with E-state index in [0.29, 0.717) is 19.4 Å². The van der Waals surface area contributed by atoms with Crippen molar-refractivity contribution < 1.29 is 32.6 Å². The zero-order valence-corrected chi connectivity index (χ0v) is 14.3. The number of carboxylic acid groups (broad SMARTS) is 1. The summed E-state index contributed by atoms with van der Waals surface area (Å²) < 4.78 is 42.0. The molecule has 2 rings (SSSR count). The minimum atomic E-state index is -4.39. The molecule has 1 saturated heterocycles. The second-order valence-electron chi connectivity index (χ2n) is 5.92. The van der Waals surface area contributed by atoms with Gasteiger partial charge in [0.25, 0.3) is 5.91 Å². The fourth-order valence-electron chi connectivity index (χ4n) is 2.92. The molecule has 1 aliphatic rings. The molecular formula is C16H18F3NO4S. The van der Waals surface area contributed by atoms with E-state index in [0.717, 1.165) is 0 Å². The van der Waals surface area contributed by atoms with Crippen LogP contribution >= 0.6 is 11.8 Å². The molecule has 0 aliphatic carbocycles. The number of aliphatic carboxylic acids is 1. The van der Waals surface area contributed by atoms with Gasteiger partial charge in [-0.25, -0.2) is 0 Å². The molecule has 1 unspecified atom stereocenters. The maximum Gasteiger partial charge on any atom is 0.446 e. The third kappa shape index (κ3) is 4.88. The number of benzene rings is 1. The molecule has 1 N–H and O–H groups in total. The summed E-state index contributed by atoms with van der Waals surface area (Å²) in [6.07, 6.45) is 0.921. The monoisotopic (exact) mass is 377 g/mol. The molecule has 25 heavy (non-hydrogen) atoms. The maximum atomic E-state index is 12.6. The molecule has 0 aromatic heterocycles. The van der Waals surface area contributed by atoms with Crippen LogP contribution in [0.1, 0.15) is 23.2 Å². The van der Waals surface area contributed by atoms with Crippen LogP contribution < -0.4 is 0 Å². The summed E-state index contributed by atoms with van der Waals surface area (Å²) in [4.78, 5) is 25.6. The Morgan fingerprint density at radius 2 is 1.96 bits per heavy atom. The number of amides is 1. The molecule has 1 atom stereocenters. The second kappa shape index (κ2) is 7.65. The smallest absolute Gasteiger partial charge is 0.446 e. The molecule has 5 nitrogen and oxygen atoms in total. The van der Waals surface area contributed by atoms with Crippen LogP contribution in [0.5, 0.6) is 0 Å². The van der Waals surface area contributed by atoms with E-state index >= 15 is 0 Å². The van der Waals surface area contributed by atoms with E-state index in [1.807, 2.05) is 0 Å². The molecule has 0 bridgehead atoms. The summed E-state index contributed by atoms with van der Waals surface area (Å²) >= 11 is -0.252. The van der Waals surface area contributed by atoms with Gasteiger partial charge in [0.1, 0.15) is 5.41 Å². The number of alkyl halides is 3. The van der Waals surface area contributed by atoms with Gasteiger partial charge in [0.2, 0.25) is 0 Å². The van der Waals surface area contributed by atoms with Gasteiger partial charge in [-0.1, -0.05) is 0 Å². The van der Waals surface area contributed by atoms with E-state index in [-0.39, 0.29) is 35.4 Å². The molecule has 1 fully saturated rings. The van der Waals surface area contributed by atoms with Crippen LogP contribution in [0.25, 0.3) is 0 Å². The third-order valence-corrected chi connectivity index (χ3v) is 4.81. The highest BCUT2D eigenvalue weighted by atomic mass is 32.2. The Morgan fingerprint density at radius 3 is 2.48 bits per heavy atom. The van der Waals surface area contributed by atoms with Crippen LogP contribution in [0.2, 0.25) is 0 Å². The number of thioether (sulfide) groups is 1. The number of methoxy groups -OCH3 is 1. The number of nitrogens with zero attached hydrogens (tertiary/aromatic N) is 1. The van der Waals surface area contributed by atoms with Crippen molar-refractivity contribution in [3.63, 3.8) is 0 Å². The van der Waals surface area contributed by atoms with Crippen molar-refractivity contribution in [3.8, 4) is 0 Å². The number of likely N-dealkylation sites (tertiary alicyclic amines) is 1. The lowest BCUT2D eigenvalue weighted by molar-refractivity contribution is -0.155. The Kier molecular flexibility index (Phi) is 5.99. The van der Waals surface area contributed by atoms with Crippen molar-refractivity contribution in [1.82, 2.24) is 4.90 Å². The fraction of sp³-hybridized carbons (Fsp3) is 0.500. The highest BCUT2D eigenvalue weighted by Crippen LogP contribution is 2.37. The van der Waals surface area contributed by atoms with E-state index in [1.54, 1.807) is 0 Å². The molecule has 1 amide bonds. The highest BCUT2D eigenvalue weighted by molar-refractivity contribution is 8.00. The van der Waals surface area contributed by atoms with Gasteiger partial charge in [0.15, 0.2) is 0 Å². The van der Waals surface area contributed by atoms with E-state index in [2.05, 4.69) is 0 Å². The number of rotatable bonds is 5. The number of halogens is 3. The van der Waals surface area contributed by atoms with E-state index in [9.17, 15) is 27.9 Å². The first-order chi connectivity index (χ1) is 11.7. The number of hydrogen-bond acceptors (Lipinski definition) is 4. The van der Waals surface area contributed by atoms with Crippen molar-refractivity contribution in [2.45, 2.75) is 23.2 Å². The van der Waals surface area contributed by atoms with Crippen LogP contribution in [0, 0.1) is 5.41 Å². The number of piperidine rings is 1. The zero-order valence-electron chi connectivity index (χ0n) is 13.5. The SMILES string of the molecule is COCC1(C(=O)O)CCCN(C(=O)c2ccc(SC(F)(F)F)cc2)C1. The Balaban J connectivity index is 2.13. The molecule has 0 spiro atoms. The average Bonchev–Trinajstić information content (AvgIpc) is 2.54. The average molecular weight is 377 g/mol. The molecular weight excluding hydrogens is 359 g/mol. The molecule has 0 saturated carbocycles. The van der Waals surface area contributed by atoms with Crippen molar-refractivity contribution >= 4 is 23.6 Å². The summed E-state index contributed by atoms with van der Waals surface area (Å²) in [7, 11) is 1.41. The molecule has 1 heterocycles. The summed E-state index contributed by atoms with van der Waals surface area (Å²) in [6.45, 7) is 0.401. The molecule has 1 aromatic rings. The summed E-state index contributed by atoms with van der Waals surface area (Å²) in [5.74, 6) is -1.42. The molecule has 9 heteroatoms. The Hall–Kier alpha value is -1.74. The van der Waals surface area contributed by atoms with Gasteiger partial charge in [0.05, 0.1) is 6.61 Å². The first kappa shape index (κ1) is 19.6.